The topological polar surface area (TPSA) is 140 Å². The Bertz CT molecular complexity index is 1010. The van der Waals surface area contributed by atoms with Crippen molar-refractivity contribution in [3.05, 3.63) is 29.3 Å². The summed E-state index contributed by atoms with van der Waals surface area (Å²) in [5, 5.41) is 8.03. The average Bonchev–Trinajstić information content (AvgIpc) is 3.40. The maximum atomic E-state index is 12.6. The number of hydrogen-bond acceptors (Lipinski definition) is 10. The Labute approximate surface area is 188 Å². The summed E-state index contributed by atoms with van der Waals surface area (Å²) >= 11 is 6.22. The molecule has 0 aliphatic carbocycles. The first kappa shape index (κ1) is 23.8. The molecule has 3 heterocycles. The fraction of sp³-hybridized carbons (Fsp3) is 0.632. The predicted octanol–water partition coefficient (Wildman–Crippen LogP) is 0.883. The fourth-order valence-electron chi connectivity index (χ4n) is 2.99. The minimum atomic E-state index is -1.35. The number of ether oxygens (including phenoxy) is 3. The van der Waals surface area contributed by atoms with Gasteiger partial charge in [0.05, 0.1) is 23.9 Å². The van der Waals surface area contributed by atoms with Gasteiger partial charge in [-0.05, 0) is 0 Å². The molecular weight excluding hydrogens is 444 g/mol. The minimum absolute atomic E-state index is 0.0711. The van der Waals surface area contributed by atoms with Gasteiger partial charge in [0.15, 0.2) is 17.6 Å². The van der Waals surface area contributed by atoms with Gasteiger partial charge < -0.3 is 14.2 Å². The summed E-state index contributed by atoms with van der Waals surface area (Å²) in [5.41, 5.74) is -2.06. The Morgan fingerprint density at radius 2 is 1.97 bits per heavy atom. The third-order valence-electron chi connectivity index (χ3n) is 4.89. The molecular formula is C19H25ClN6O6. The molecule has 1 aliphatic rings. The molecule has 1 aliphatic heterocycles. The SMILES string of the molecule is CC(C)C(=O)OCC1(CCl)OC(n2ncc(-n3cncn3)nc2=O)CC1OC(=O)C(C)C. The van der Waals surface area contributed by atoms with Gasteiger partial charge in [-0.15, -0.1) is 11.6 Å². The van der Waals surface area contributed by atoms with Crippen molar-refractivity contribution in [2.75, 3.05) is 12.5 Å². The average molecular weight is 469 g/mol. The molecule has 0 spiro atoms. The van der Waals surface area contributed by atoms with Gasteiger partial charge in [-0.1, -0.05) is 27.7 Å². The van der Waals surface area contributed by atoms with Crippen LogP contribution >= 0.6 is 11.6 Å². The summed E-state index contributed by atoms with van der Waals surface area (Å²) in [6.45, 7) is 6.51. The summed E-state index contributed by atoms with van der Waals surface area (Å²) < 4.78 is 19.3. The predicted molar refractivity (Wildman–Crippen MR) is 110 cm³/mol. The summed E-state index contributed by atoms with van der Waals surface area (Å²) in [4.78, 5) is 44.7. The van der Waals surface area contributed by atoms with Crippen LogP contribution in [0.2, 0.25) is 0 Å². The number of esters is 2. The lowest BCUT2D eigenvalue weighted by molar-refractivity contribution is -0.177. The first-order valence-corrected chi connectivity index (χ1v) is 10.6. The van der Waals surface area contributed by atoms with E-state index in [1.54, 1.807) is 27.7 Å². The summed E-state index contributed by atoms with van der Waals surface area (Å²) in [6.07, 6.45) is 2.26. The van der Waals surface area contributed by atoms with Crippen LogP contribution < -0.4 is 5.69 Å². The number of halogens is 1. The highest BCUT2D eigenvalue weighted by molar-refractivity contribution is 6.18. The Hall–Kier alpha value is -2.86. The van der Waals surface area contributed by atoms with E-state index in [0.717, 1.165) is 4.68 Å². The lowest BCUT2D eigenvalue weighted by Crippen LogP contribution is -2.49. The molecule has 0 saturated carbocycles. The molecule has 174 valence electrons. The molecule has 1 fully saturated rings. The van der Waals surface area contributed by atoms with Crippen LogP contribution in [0, 0.1) is 11.8 Å². The van der Waals surface area contributed by atoms with Crippen molar-refractivity contribution in [3.63, 3.8) is 0 Å². The second-order valence-corrected chi connectivity index (χ2v) is 8.30. The van der Waals surface area contributed by atoms with E-state index in [4.69, 9.17) is 25.8 Å². The van der Waals surface area contributed by atoms with Crippen molar-refractivity contribution < 1.29 is 23.8 Å². The van der Waals surface area contributed by atoms with E-state index in [-0.39, 0.29) is 30.6 Å². The highest BCUT2D eigenvalue weighted by Crippen LogP contribution is 2.39. The molecule has 32 heavy (non-hydrogen) atoms. The third-order valence-corrected chi connectivity index (χ3v) is 5.34. The minimum Gasteiger partial charge on any atom is -0.462 e. The Balaban J connectivity index is 1.88. The largest absolute Gasteiger partial charge is 0.462 e. The first-order chi connectivity index (χ1) is 15.2. The molecule has 2 aromatic rings. The van der Waals surface area contributed by atoms with E-state index in [1.807, 2.05) is 0 Å². The van der Waals surface area contributed by atoms with Crippen molar-refractivity contribution in [1.29, 1.82) is 0 Å². The number of rotatable bonds is 8. The molecule has 0 radical (unpaired) electrons. The van der Waals surface area contributed by atoms with Gasteiger partial charge in [0.1, 0.15) is 25.4 Å². The maximum Gasteiger partial charge on any atom is 0.368 e. The van der Waals surface area contributed by atoms with E-state index in [9.17, 15) is 14.4 Å². The van der Waals surface area contributed by atoms with Gasteiger partial charge in [0.2, 0.25) is 0 Å². The van der Waals surface area contributed by atoms with Crippen molar-refractivity contribution in [2.45, 2.75) is 52.0 Å². The second kappa shape index (κ2) is 9.74. The van der Waals surface area contributed by atoms with Crippen LogP contribution in [-0.4, -0.2) is 65.7 Å². The lowest BCUT2D eigenvalue weighted by atomic mass is 9.99. The standard InChI is InChI=1S/C19H25ClN6O6/c1-11(2)16(27)30-8-19(7-20)13(31-17(28)12(3)4)5-15(32-19)26-18(29)24-14(6-22-26)25-10-21-9-23-25/h6,9-13,15H,5,7-8H2,1-4H3. The van der Waals surface area contributed by atoms with Crippen molar-refractivity contribution >= 4 is 23.5 Å². The van der Waals surface area contributed by atoms with Crippen molar-refractivity contribution in [1.82, 2.24) is 29.5 Å². The molecule has 12 nitrogen and oxygen atoms in total. The van der Waals surface area contributed by atoms with E-state index in [2.05, 4.69) is 20.2 Å². The first-order valence-electron chi connectivity index (χ1n) is 10.1. The van der Waals surface area contributed by atoms with Crippen LogP contribution in [0.15, 0.2) is 23.6 Å². The molecule has 0 amide bonds. The van der Waals surface area contributed by atoms with Crippen LogP contribution in [0.25, 0.3) is 5.82 Å². The molecule has 2 aromatic heterocycles. The monoisotopic (exact) mass is 468 g/mol. The number of carbonyl (C=O) groups is 2. The zero-order valence-electron chi connectivity index (χ0n) is 18.2. The van der Waals surface area contributed by atoms with Crippen LogP contribution in [0.4, 0.5) is 0 Å². The molecule has 1 saturated heterocycles. The van der Waals surface area contributed by atoms with Crippen molar-refractivity contribution in [3.8, 4) is 5.82 Å². The lowest BCUT2D eigenvalue weighted by Gasteiger charge is -2.32. The van der Waals surface area contributed by atoms with Gasteiger partial charge >= 0.3 is 17.6 Å². The van der Waals surface area contributed by atoms with Crippen LogP contribution in [0.3, 0.4) is 0 Å². The molecule has 13 heteroatoms. The Morgan fingerprint density at radius 1 is 1.25 bits per heavy atom. The van der Waals surface area contributed by atoms with E-state index >= 15 is 0 Å². The van der Waals surface area contributed by atoms with Gasteiger partial charge in [-0.3, -0.25) is 9.59 Å². The van der Waals surface area contributed by atoms with Gasteiger partial charge in [-0.25, -0.2) is 14.5 Å². The highest BCUT2D eigenvalue weighted by Gasteiger charge is 2.53. The van der Waals surface area contributed by atoms with Gasteiger partial charge in [0.25, 0.3) is 0 Å². The Kier molecular flexibility index (Phi) is 7.24. The summed E-state index contributed by atoms with van der Waals surface area (Å²) in [6, 6.07) is 0. The van der Waals surface area contributed by atoms with Crippen LogP contribution in [0.1, 0.15) is 40.3 Å². The van der Waals surface area contributed by atoms with E-state index < -0.39 is 41.5 Å². The van der Waals surface area contributed by atoms with Gasteiger partial charge in [-0.2, -0.15) is 19.9 Å². The summed E-state index contributed by atoms with van der Waals surface area (Å²) in [5.74, 6) is -1.66. The number of aromatic nitrogens is 6. The fourth-order valence-corrected chi connectivity index (χ4v) is 3.31. The molecule has 3 rings (SSSR count). The Morgan fingerprint density at radius 3 is 2.53 bits per heavy atom. The molecule has 0 aromatic carbocycles. The van der Waals surface area contributed by atoms with E-state index in [0.29, 0.717) is 0 Å². The quantitative estimate of drug-likeness (QED) is 0.405. The number of nitrogens with zero attached hydrogens (tertiary/aromatic N) is 6. The van der Waals surface area contributed by atoms with Crippen LogP contribution in [0.5, 0.6) is 0 Å². The van der Waals surface area contributed by atoms with Gasteiger partial charge in [0, 0.05) is 6.42 Å². The van der Waals surface area contributed by atoms with Crippen molar-refractivity contribution in [2.24, 2.45) is 11.8 Å². The molecule has 3 atom stereocenters. The van der Waals surface area contributed by atoms with Crippen LogP contribution in [-0.2, 0) is 23.8 Å². The maximum absolute atomic E-state index is 12.6. The zero-order valence-corrected chi connectivity index (χ0v) is 18.9. The second-order valence-electron chi connectivity index (χ2n) is 8.03. The number of alkyl halides is 1. The molecule has 0 N–H and O–H groups in total. The molecule has 3 unspecified atom stereocenters. The smallest absolute Gasteiger partial charge is 0.368 e. The summed E-state index contributed by atoms with van der Waals surface area (Å²) in [7, 11) is 0. The highest BCUT2D eigenvalue weighted by atomic mass is 35.5. The normalized spacial score (nSPS) is 23.0. The zero-order chi connectivity index (χ0) is 23.5. The molecule has 0 bridgehead atoms. The number of hydrogen-bond donors (Lipinski definition) is 0. The third kappa shape index (κ3) is 4.96. The number of carbonyl (C=O) groups excluding carboxylic acids is 2. The van der Waals surface area contributed by atoms with E-state index in [1.165, 1.54) is 23.5 Å².